The zero-order chi connectivity index (χ0) is 13.1. The number of aromatic amines is 1. The monoisotopic (exact) mass is 264 g/mol. The van der Waals surface area contributed by atoms with Crippen molar-refractivity contribution in [3.63, 3.8) is 0 Å². The standard InChI is InChI=1S/C13H13ClN2O2/c1-3-11(17)18-13-8(2)15-16-12(13)9-4-6-10(14)7-5-9/h4-7H,3H2,1-2H3,(H,15,16). The second-order valence-corrected chi connectivity index (χ2v) is 4.30. The van der Waals surface area contributed by atoms with Gasteiger partial charge in [0.2, 0.25) is 0 Å². The number of H-pyrrole nitrogens is 1. The summed E-state index contributed by atoms with van der Waals surface area (Å²) in [6.07, 6.45) is 0.324. The lowest BCUT2D eigenvalue weighted by Crippen LogP contribution is -2.06. The minimum atomic E-state index is -0.283. The minimum absolute atomic E-state index is 0.283. The van der Waals surface area contributed by atoms with Crippen molar-refractivity contribution < 1.29 is 9.53 Å². The number of halogens is 1. The molecule has 0 fully saturated rings. The molecule has 0 aliphatic rings. The van der Waals surface area contributed by atoms with Crippen LogP contribution in [0.5, 0.6) is 5.75 Å². The lowest BCUT2D eigenvalue weighted by atomic mass is 10.1. The Morgan fingerprint density at radius 1 is 1.39 bits per heavy atom. The fourth-order valence-electron chi connectivity index (χ4n) is 1.53. The zero-order valence-corrected chi connectivity index (χ0v) is 10.9. The summed E-state index contributed by atoms with van der Waals surface area (Å²) in [5, 5.41) is 7.63. The Kier molecular flexibility index (Phi) is 3.67. The molecule has 0 radical (unpaired) electrons. The average Bonchev–Trinajstić information content (AvgIpc) is 2.72. The predicted octanol–water partition coefficient (Wildman–Crippen LogP) is 3.35. The maximum absolute atomic E-state index is 11.4. The molecular weight excluding hydrogens is 252 g/mol. The third-order valence-electron chi connectivity index (χ3n) is 2.51. The van der Waals surface area contributed by atoms with Gasteiger partial charge in [0.25, 0.3) is 0 Å². The molecule has 2 rings (SSSR count). The smallest absolute Gasteiger partial charge is 0.311 e. The highest BCUT2D eigenvalue weighted by Crippen LogP contribution is 2.31. The van der Waals surface area contributed by atoms with E-state index in [4.69, 9.17) is 16.3 Å². The van der Waals surface area contributed by atoms with Crippen LogP contribution in [0.4, 0.5) is 0 Å². The molecule has 1 aromatic carbocycles. The van der Waals surface area contributed by atoms with Crippen molar-refractivity contribution in [3.05, 3.63) is 35.0 Å². The molecule has 0 spiro atoms. The predicted molar refractivity (Wildman–Crippen MR) is 69.7 cm³/mol. The number of nitrogens with one attached hydrogen (secondary N) is 1. The number of aryl methyl sites for hydroxylation is 1. The van der Waals surface area contributed by atoms with Crippen LogP contribution in [0.3, 0.4) is 0 Å². The van der Waals surface area contributed by atoms with Gasteiger partial charge in [0.1, 0.15) is 5.69 Å². The van der Waals surface area contributed by atoms with Crippen LogP contribution < -0.4 is 4.74 Å². The topological polar surface area (TPSA) is 55.0 Å². The number of hydrogen-bond acceptors (Lipinski definition) is 3. The van der Waals surface area contributed by atoms with Crippen molar-refractivity contribution in [1.29, 1.82) is 0 Å². The third-order valence-corrected chi connectivity index (χ3v) is 2.77. The largest absolute Gasteiger partial charge is 0.422 e. The summed E-state index contributed by atoms with van der Waals surface area (Å²) in [6, 6.07) is 7.21. The summed E-state index contributed by atoms with van der Waals surface area (Å²) in [5.41, 5.74) is 2.19. The van der Waals surface area contributed by atoms with Crippen LogP contribution in [0.25, 0.3) is 11.3 Å². The van der Waals surface area contributed by atoms with Gasteiger partial charge in [-0.3, -0.25) is 9.89 Å². The van der Waals surface area contributed by atoms with Crippen LogP contribution in [0.1, 0.15) is 19.0 Å². The number of benzene rings is 1. The summed E-state index contributed by atoms with van der Waals surface area (Å²) >= 11 is 5.84. The minimum Gasteiger partial charge on any atom is -0.422 e. The van der Waals surface area contributed by atoms with E-state index >= 15 is 0 Å². The molecule has 0 saturated heterocycles. The fraction of sp³-hybridized carbons (Fsp3) is 0.231. The van der Waals surface area contributed by atoms with E-state index < -0.39 is 0 Å². The van der Waals surface area contributed by atoms with Crippen LogP contribution in [0, 0.1) is 6.92 Å². The van der Waals surface area contributed by atoms with Crippen molar-refractivity contribution >= 4 is 17.6 Å². The maximum atomic E-state index is 11.4. The van der Waals surface area contributed by atoms with E-state index in [-0.39, 0.29) is 5.97 Å². The zero-order valence-electron chi connectivity index (χ0n) is 10.2. The number of rotatable bonds is 3. The highest BCUT2D eigenvalue weighted by molar-refractivity contribution is 6.30. The first kappa shape index (κ1) is 12.6. The number of ether oxygens (including phenoxy) is 1. The highest BCUT2D eigenvalue weighted by Gasteiger charge is 2.16. The van der Waals surface area contributed by atoms with Crippen molar-refractivity contribution in [2.45, 2.75) is 20.3 Å². The van der Waals surface area contributed by atoms with E-state index in [0.29, 0.717) is 22.9 Å². The first-order chi connectivity index (χ1) is 8.61. The second kappa shape index (κ2) is 5.23. The molecule has 1 aromatic heterocycles. The van der Waals surface area contributed by atoms with Gasteiger partial charge in [0.05, 0.1) is 5.69 Å². The summed E-state index contributed by atoms with van der Waals surface area (Å²) < 4.78 is 5.28. The van der Waals surface area contributed by atoms with Gasteiger partial charge in [-0.15, -0.1) is 0 Å². The van der Waals surface area contributed by atoms with Gasteiger partial charge in [-0.25, -0.2) is 0 Å². The van der Waals surface area contributed by atoms with Gasteiger partial charge in [0, 0.05) is 17.0 Å². The van der Waals surface area contributed by atoms with Gasteiger partial charge >= 0.3 is 5.97 Å². The van der Waals surface area contributed by atoms with Crippen LogP contribution in [0.2, 0.25) is 5.02 Å². The summed E-state index contributed by atoms with van der Waals surface area (Å²) in [5.74, 6) is 0.193. The molecule has 0 unspecified atom stereocenters. The maximum Gasteiger partial charge on any atom is 0.311 e. The Morgan fingerprint density at radius 2 is 2.06 bits per heavy atom. The fourth-order valence-corrected chi connectivity index (χ4v) is 1.66. The molecule has 94 valence electrons. The van der Waals surface area contributed by atoms with Crippen LogP contribution >= 0.6 is 11.6 Å². The van der Waals surface area contributed by atoms with Crippen LogP contribution in [-0.4, -0.2) is 16.2 Å². The number of nitrogens with zero attached hydrogens (tertiary/aromatic N) is 1. The summed E-state index contributed by atoms with van der Waals surface area (Å²) in [4.78, 5) is 11.4. The molecule has 2 aromatic rings. The number of carbonyl (C=O) groups is 1. The third kappa shape index (κ3) is 2.54. The molecule has 1 heterocycles. The summed E-state index contributed by atoms with van der Waals surface area (Å²) in [6.45, 7) is 3.56. The molecule has 0 amide bonds. The van der Waals surface area contributed by atoms with E-state index in [9.17, 15) is 4.79 Å². The van der Waals surface area contributed by atoms with Crippen molar-refractivity contribution in [2.75, 3.05) is 0 Å². The van der Waals surface area contributed by atoms with E-state index in [1.807, 2.05) is 19.1 Å². The van der Waals surface area contributed by atoms with Gasteiger partial charge in [-0.05, 0) is 19.1 Å². The van der Waals surface area contributed by atoms with E-state index in [1.54, 1.807) is 19.1 Å². The van der Waals surface area contributed by atoms with Crippen molar-refractivity contribution in [3.8, 4) is 17.0 Å². The Morgan fingerprint density at radius 3 is 2.67 bits per heavy atom. The normalized spacial score (nSPS) is 10.4. The SMILES string of the molecule is CCC(=O)Oc1c(-c2ccc(Cl)cc2)n[nH]c1C. The number of aromatic nitrogens is 2. The molecule has 0 atom stereocenters. The number of carbonyl (C=O) groups excluding carboxylic acids is 1. The molecule has 5 heteroatoms. The van der Waals surface area contributed by atoms with E-state index in [2.05, 4.69) is 10.2 Å². The van der Waals surface area contributed by atoms with Crippen molar-refractivity contribution in [2.24, 2.45) is 0 Å². The Labute approximate surface area is 110 Å². The lowest BCUT2D eigenvalue weighted by molar-refractivity contribution is -0.134. The Balaban J connectivity index is 2.39. The van der Waals surface area contributed by atoms with E-state index in [0.717, 1.165) is 11.3 Å². The second-order valence-electron chi connectivity index (χ2n) is 3.86. The molecule has 0 aliphatic carbocycles. The van der Waals surface area contributed by atoms with Gasteiger partial charge in [-0.2, -0.15) is 5.10 Å². The number of hydrogen-bond donors (Lipinski definition) is 1. The van der Waals surface area contributed by atoms with Crippen LogP contribution in [0.15, 0.2) is 24.3 Å². The lowest BCUT2D eigenvalue weighted by Gasteiger charge is -2.04. The highest BCUT2D eigenvalue weighted by atomic mass is 35.5. The quantitative estimate of drug-likeness (QED) is 0.865. The Bertz CT molecular complexity index is 561. The first-order valence-corrected chi connectivity index (χ1v) is 6.01. The van der Waals surface area contributed by atoms with E-state index in [1.165, 1.54) is 0 Å². The molecule has 1 N–H and O–H groups in total. The number of esters is 1. The van der Waals surface area contributed by atoms with Gasteiger partial charge < -0.3 is 4.74 Å². The molecule has 0 saturated carbocycles. The molecule has 18 heavy (non-hydrogen) atoms. The van der Waals surface area contributed by atoms with Crippen LogP contribution in [-0.2, 0) is 4.79 Å². The van der Waals surface area contributed by atoms with Crippen molar-refractivity contribution in [1.82, 2.24) is 10.2 Å². The average molecular weight is 265 g/mol. The molecular formula is C13H13ClN2O2. The van der Waals surface area contributed by atoms with Gasteiger partial charge in [-0.1, -0.05) is 30.7 Å². The molecule has 0 aliphatic heterocycles. The first-order valence-electron chi connectivity index (χ1n) is 5.63. The Hall–Kier alpha value is -1.81. The summed E-state index contributed by atoms with van der Waals surface area (Å²) in [7, 11) is 0. The van der Waals surface area contributed by atoms with Gasteiger partial charge in [0.15, 0.2) is 5.75 Å². The molecule has 0 bridgehead atoms. The molecule has 4 nitrogen and oxygen atoms in total.